The molecule has 4 heteroatoms. The molecule has 0 aromatic heterocycles. The summed E-state index contributed by atoms with van der Waals surface area (Å²) in [4.78, 5) is 11.6. The number of nitrogens with one attached hydrogen (secondary N) is 1. The zero-order valence-electron chi connectivity index (χ0n) is 10.3. The van der Waals surface area contributed by atoms with Crippen LogP contribution in [0.1, 0.15) is 24.8 Å². The van der Waals surface area contributed by atoms with Crippen LogP contribution in [0.2, 0.25) is 0 Å². The van der Waals surface area contributed by atoms with Crippen LogP contribution < -0.4 is 14.8 Å². The van der Waals surface area contributed by atoms with Crippen molar-refractivity contribution in [3.63, 3.8) is 0 Å². The second-order valence-corrected chi connectivity index (χ2v) is 4.86. The molecule has 96 valence electrons. The van der Waals surface area contributed by atoms with Crippen molar-refractivity contribution in [2.45, 2.75) is 25.7 Å². The summed E-state index contributed by atoms with van der Waals surface area (Å²) in [7, 11) is 0. The molecule has 1 aromatic carbocycles. The van der Waals surface area contributed by atoms with E-state index < -0.39 is 0 Å². The van der Waals surface area contributed by atoms with Gasteiger partial charge in [0, 0.05) is 12.5 Å². The summed E-state index contributed by atoms with van der Waals surface area (Å²) >= 11 is 0. The molecule has 0 bridgehead atoms. The van der Waals surface area contributed by atoms with Gasteiger partial charge in [0.2, 0.25) is 12.7 Å². The van der Waals surface area contributed by atoms with Gasteiger partial charge in [-0.3, -0.25) is 4.79 Å². The lowest BCUT2D eigenvalue weighted by molar-refractivity contribution is -0.127. The normalized spacial score (nSPS) is 17.3. The van der Waals surface area contributed by atoms with Crippen LogP contribution in [0, 0.1) is 5.92 Å². The molecule has 18 heavy (non-hydrogen) atoms. The molecule has 3 rings (SSSR count). The number of carbonyl (C=O) groups is 1. The molecule has 1 amide bonds. The molecule has 0 saturated heterocycles. The van der Waals surface area contributed by atoms with Crippen LogP contribution >= 0.6 is 0 Å². The number of rotatable bonds is 4. The molecule has 2 aliphatic rings. The van der Waals surface area contributed by atoms with Crippen LogP contribution in [-0.4, -0.2) is 19.2 Å². The van der Waals surface area contributed by atoms with E-state index in [0.29, 0.717) is 13.3 Å². The molecule has 0 unspecified atom stereocenters. The maximum atomic E-state index is 11.6. The third-order valence-corrected chi connectivity index (χ3v) is 3.63. The van der Waals surface area contributed by atoms with Gasteiger partial charge in [-0.15, -0.1) is 0 Å². The molecule has 1 saturated carbocycles. The largest absolute Gasteiger partial charge is 0.454 e. The average molecular weight is 247 g/mol. The quantitative estimate of drug-likeness (QED) is 0.883. The summed E-state index contributed by atoms with van der Waals surface area (Å²) in [6.07, 6.45) is 4.13. The zero-order chi connectivity index (χ0) is 12.4. The van der Waals surface area contributed by atoms with Crippen LogP contribution in [0.4, 0.5) is 0 Å². The number of amides is 1. The van der Waals surface area contributed by atoms with E-state index in [0.717, 1.165) is 36.3 Å². The second-order valence-electron chi connectivity index (χ2n) is 4.86. The minimum atomic E-state index is 0.210. The van der Waals surface area contributed by atoms with Gasteiger partial charge >= 0.3 is 0 Å². The monoisotopic (exact) mass is 247 g/mol. The molecule has 1 N–H and O–H groups in total. The number of ether oxygens (including phenoxy) is 2. The van der Waals surface area contributed by atoms with E-state index in [1.165, 1.54) is 6.42 Å². The van der Waals surface area contributed by atoms with Gasteiger partial charge in [0.15, 0.2) is 11.5 Å². The smallest absolute Gasteiger partial charge is 0.231 e. The number of benzene rings is 1. The molecule has 1 aliphatic heterocycles. The molecule has 0 spiro atoms. The maximum Gasteiger partial charge on any atom is 0.231 e. The van der Waals surface area contributed by atoms with Gasteiger partial charge in [0.1, 0.15) is 0 Å². The molecular weight excluding hydrogens is 230 g/mol. The summed E-state index contributed by atoms with van der Waals surface area (Å²) in [6, 6.07) is 5.92. The summed E-state index contributed by atoms with van der Waals surface area (Å²) in [6.45, 7) is 0.992. The van der Waals surface area contributed by atoms with E-state index in [9.17, 15) is 4.79 Å². The molecule has 1 aliphatic carbocycles. The van der Waals surface area contributed by atoms with Gasteiger partial charge in [-0.1, -0.05) is 12.5 Å². The van der Waals surface area contributed by atoms with E-state index in [1.807, 2.05) is 18.2 Å². The molecule has 1 aromatic rings. The van der Waals surface area contributed by atoms with Crippen LogP contribution in [0.25, 0.3) is 0 Å². The Bertz CT molecular complexity index is 454. The number of hydrogen-bond donors (Lipinski definition) is 1. The number of carbonyl (C=O) groups excluding carboxylic acids is 1. The predicted molar refractivity (Wildman–Crippen MR) is 66.6 cm³/mol. The van der Waals surface area contributed by atoms with Gasteiger partial charge in [0.25, 0.3) is 0 Å². The van der Waals surface area contributed by atoms with Crippen LogP contribution in [-0.2, 0) is 11.2 Å². The van der Waals surface area contributed by atoms with E-state index in [2.05, 4.69) is 5.32 Å². The Kier molecular flexibility index (Phi) is 3.09. The summed E-state index contributed by atoms with van der Waals surface area (Å²) in [5.74, 6) is 2.08. The number of fused-ring (bicyclic) bond motifs is 1. The maximum absolute atomic E-state index is 11.6. The van der Waals surface area contributed by atoms with Gasteiger partial charge in [-0.05, 0) is 37.0 Å². The second kappa shape index (κ2) is 4.88. The molecular formula is C14H17NO3. The summed E-state index contributed by atoms with van der Waals surface area (Å²) in [5, 5.41) is 2.99. The van der Waals surface area contributed by atoms with Gasteiger partial charge in [0.05, 0.1) is 0 Å². The lowest BCUT2D eigenvalue weighted by Crippen LogP contribution is -2.35. The SMILES string of the molecule is O=C(NCCc1ccc2c(c1)OCO2)C1CCC1. The van der Waals surface area contributed by atoms with Crippen molar-refractivity contribution in [3.05, 3.63) is 23.8 Å². The first-order valence-corrected chi connectivity index (χ1v) is 6.49. The predicted octanol–water partition coefficient (Wildman–Crippen LogP) is 1.87. The van der Waals surface area contributed by atoms with Crippen molar-refractivity contribution in [2.75, 3.05) is 13.3 Å². The highest BCUT2D eigenvalue weighted by molar-refractivity contribution is 5.79. The van der Waals surface area contributed by atoms with Crippen molar-refractivity contribution in [2.24, 2.45) is 5.92 Å². The van der Waals surface area contributed by atoms with Crippen molar-refractivity contribution in [3.8, 4) is 11.5 Å². The minimum Gasteiger partial charge on any atom is -0.454 e. The summed E-state index contributed by atoms with van der Waals surface area (Å²) < 4.78 is 10.6. The van der Waals surface area contributed by atoms with Crippen molar-refractivity contribution in [1.29, 1.82) is 0 Å². The van der Waals surface area contributed by atoms with Crippen LogP contribution in [0.5, 0.6) is 11.5 Å². The Hall–Kier alpha value is -1.71. The Labute approximate surface area is 106 Å². The van der Waals surface area contributed by atoms with E-state index in [1.54, 1.807) is 0 Å². The van der Waals surface area contributed by atoms with E-state index in [-0.39, 0.29) is 11.8 Å². The average Bonchev–Trinajstić information content (AvgIpc) is 2.73. The standard InChI is InChI=1S/C14H17NO3/c16-14(11-2-1-3-11)15-7-6-10-4-5-12-13(8-10)18-9-17-12/h4-5,8,11H,1-3,6-7,9H2,(H,15,16). The molecule has 0 radical (unpaired) electrons. The highest BCUT2D eigenvalue weighted by Crippen LogP contribution is 2.32. The van der Waals surface area contributed by atoms with Gasteiger partial charge in [-0.25, -0.2) is 0 Å². The fraction of sp³-hybridized carbons (Fsp3) is 0.500. The van der Waals surface area contributed by atoms with Crippen molar-refractivity contribution < 1.29 is 14.3 Å². The molecule has 0 atom stereocenters. The fourth-order valence-corrected chi connectivity index (χ4v) is 2.24. The molecule has 1 fully saturated rings. The zero-order valence-corrected chi connectivity index (χ0v) is 10.3. The van der Waals surface area contributed by atoms with Crippen molar-refractivity contribution >= 4 is 5.91 Å². The topological polar surface area (TPSA) is 47.6 Å². The third-order valence-electron chi connectivity index (χ3n) is 3.63. The first-order chi connectivity index (χ1) is 8.83. The van der Waals surface area contributed by atoms with Gasteiger partial charge in [-0.2, -0.15) is 0 Å². The first kappa shape index (κ1) is 11.4. The fourth-order valence-electron chi connectivity index (χ4n) is 2.24. The van der Waals surface area contributed by atoms with Crippen LogP contribution in [0.15, 0.2) is 18.2 Å². The highest BCUT2D eigenvalue weighted by Gasteiger charge is 2.24. The lowest BCUT2D eigenvalue weighted by atomic mass is 9.85. The minimum absolute atomic E-state index is 0.210. The Morgan fingerprint density at radius 2 is 2.11 bits per heavy atom. The third kappa shape index (κ3) is 2.28. The van der Waals surface area contributed by atoms with E-state index >= 15 is 0 Å². The van der Waals surface area contributed by atoms with Crippen LogP contribution in [0.3, 0.4) is 0 Å². The molecule has 1 heterocycles. The highest BCUT2D eigenvalue weighted by atomic mass is 16.7. The lowest BCUT2D eigenvalue weighted by Gasteiger charge is -2.24. The number of hydrogen-bond acceptors (Lipinski definition) is 3. The first-order valence-electron chi connectivity index (χ1n) is 6.49. The van der Waals surface area contributed by atoms with Crippen molar-refractivity contribution in [1.82, 2.24) is 5.32 Å². The summed E-state index contributed by atoms with van der Waals surface area (Å²) in [5.41, 5.74) is 1.16. The molecule has 4 nitrogen and oxygen atoms in total. The van der Waals surface area contributed by atoms with E-state index in [4.69, 9.17) is 9.47 Å². The Balaban J connectivity index is 1.49. The Morgan fingerprint density at radius 3 is 2.89 bits per heavy atom. The van der Waals surface area contributed by atoms with Gasteiger partial charge < -0.3 is 14.8 Å². The Morgan fingerprint density at radius 1 is 1.28 bits per heavy atom.